The number of carboxylic acid groups (broad SMARTS) is 1. The van der Waals surface area contributed by atoms with E-state index in [0.717, 1.165) is 87.5 Å². The van der Waals surface area contributed by atoms with Crippen LogP contribution in [0.3, 0.4) is 0 Å². The zero-order chi connectivity index (χ0) is 95.3. The molecule has 6 N–H and O–H groups in total. The number of rotatable bonds is 24. The number of esters is 3. The number of nitrogens with one attached hydrogen (secondary N) is 2. The zero-order valence-electron chi connectivity index (χ0n) is 73.1. The summed E-state index contributed by atoms with van der Waals surface area (Å²) in [5, 5.41) is 30.2. The third-order valence-electron chi connectivity index (χ3n) is 18.1. The van der Waals surface area contributed by atoms with Gasteiger partial charge in [0.2, 0.25) is 0 Å². The topological polar surface area (TPSA) is 409 Å². The second kappa shape index (κ2) is 52.6. The lowest BCUT2D eigenvalue weighted by Gasteiger charge is -2.19. The number of pyridine rings is 5. The molecule has 1 unspecified atom stereocenters. The minimum Gasteiger partial charge on any atom is -0.504 e. The van der Waals surface area contributed by atoms with Gasteiger partial charge in [0.25, 0.3) is 34.4 Å². The smallest absolute Gasteiger partial charge is 0.416 e. The first-order valence-electron chi connectivity index (χ1n) is 40.6. The van der Waals surface area contributed by atoms with Crippen LogP contribution in [0.15, 0.2) is 248 Å². The van der Waals surface area contributed by atoms with Gasteiger partial charge in [-0.1, -0.05) is 140 Å². The number of alkyl halides is 6. The Bertz CT molecular complexity index is 5910. The van der Waals surface area contributed by atoms with Gasteiger partial charge in [-0.25, -0.2) is 24.0 Å². The number of benzene rings is 4. The Kier molecular flexibility index (Phi) is 42.9. The molecular weight excluding hydrogens is 1720 g/mol. The normalized spacial score (nSPS) is 11.6. The van der Waals surface area contributed by atoms with Gasteiger partial charge >= 0.3 is 42.3 Å². The van der Waals surface area contributed by atoms with Crippen molar-refractivity contribution in [3.8, 4) is 0 Å². The number of aliphatic hydroxyl groups is 1. The Morgan fingerprint density at radius 2 is 0.932 bits per heavy atom. The lowest BCUT2D eigenvalue weighted by Crippen LogP contribution is -2.32. The standard InChI is InChI=1S/C25H18F3N5O3.C16H18N4O3.C16H17NO3.C14H13NO3.C11H16O5.C8H8F3N.C4H10O.2CH4/c26-25(27,28)16-7-5-15(6-8-16)14-33-12-2-4-19(24(33)35)22(34)30-13-21-31-23(36-32-21)18-9-10-20-17(18)3-1-11-29-20;1-16(2,3)22-15(21)18-9-13-19-14(23-20-13)11-6-7-12-10(11)5-4-8-17-12;1-3-20-16(19)14-5-4-10-17(15(14)18)11-13-8-6-12(2)7-9-13;1-10-4-6-11(7-5-10)9-15-8-2-3-12(13(15)16)14(17)18;1-4-15-10(12)9(7-6-8-14-3)11(13)16-5-2;9-8(10,11)7-3-1-6(5-12)2-4-7;1-3-4(2)5;;/h1-9,11-12H,10,13-14H2,(H,30,34);4-6,8H,7,9H2,1-3H3,(H,18,21);4-10H,3,11H2,1-2H3;2-8H,9H2,1H3,(H,17,18);6-8H,4-5H2,1-3H3;1-4H,5,12H2;4-5H,3H2,1-2H3;2*1H4/b;;;;8-6+;;;;. The Morgan fingerprint density at radius 3 is 1.32 bits per heavy atom. The summed E-state index contributed by atoms with van der Waals surface area (Å²) in [6.07, 6.45) is 9.14. The minimum atomic E-state index is -4.44. The molecule has 30 nitrogen and oxygen atoms in total. The summed E-state index contributed by atoms with van der Waals surface area (Å²) in [4.78, 5) is 124. The van der Waals surface area contributed by atoms with Gasteiger partial charge < -0.3 is 73.0 Å². The zero-order valence-corrected chi connectivity index (χ0v) is 73.1. The van der Waals surface area contributed by atoms with E-state index >= 15 is 0 Å². The number of nitrogens with zero attached hydrogens (tertiary/aromatic N) is 9. The predicted molar refractivity (Wildman–Crippen MR) is 481 cm³/mol. The van der Waals surface area contributed by atoms with Gasteiger partial charge in [-0.2, -0.15) is 36.3 Å². The van der Waals surface area contributed by atoms with E-state index in [2.05, 4.69) is 45.6 Å². The maximum absolute atomic E-state index is 12.8. The number of carbonyl (C=O) groups excluding carboxylic acids is 5. The molecule has 702 valence electrons. The number of hydrogen-bond donors (Lipinski definition) is 5. The molecule has 13 rings (SSSR count). The summed E-state index contributed by atoms with van der Waals surface area (Å²) in [6, 6.07) is 41.5. The van der Waals surface area contributed by atoms with Gasteiger partial charge in [0.15, 0.2) is 11.6 Å². The molecule has 0 bridgehead atoms. The number of hydrogen-bond acceptors (Lipinski definition) is 24. The van der Waals surface area contributed by atoms with Crippen LogP contribution in [0.5, 0.6) is 0 Å². The average molecular weight is 1830 g/mol. The van der Waals surface area contributed by atoms with Crippen molar-refractivity contribution < 1.29 is 98.1 Å². The highest BCUT2D eigenvalue weighted by atomic mass is 19.4. The average Bonchev–Trinajstić information content (AvgIpc) is 1.64. The van der Waals surface area contributed by atoms with Crippen molar-refractivity contribution in [2.45, 2.75) is 167 Å². The first kappa shape index (κ1) is 108. The van der Waals surface area contributed by atoms with Gasteiger partial charge in [-0.3, -0.25) is 29.1 Å². The first-order valence-corrected chi connectivity index (χ1v) is 40.6. The van der Waals surface area contributed by atoms with Gasteiger partial charge in [0, 0.05) is 72.6 Å². The number of aromatic carboxylic acids is 1. The maximum Gasteiger partial charge on any atom is 0.416 e. The predicted octanol–water partition coefficient (Wildman–Crippen LogP) is 15.8. The number of aliphatic hydroxyl groups excluding tert-OH is 1. The molecule has 0 aliphatic heterocycles. The molecule has 0 spiro atoms. The summed E-state index contributed by atoms with van der Waals surface area (Å²) >= 11 is 0. The largest absolute Gasteiger partial charge is 0.504 e. The van der Waals surface area contributed by atoms with Crippen LogP contribution in [0.1, 0.15) is 198 Å². The molecule has 4 aromatic carbocycles. The van der Waals surface area contributed by atoms with Crippen LogP contribution in [0.2, 0.25) is 0 Å². The number of carboxylic acids is 1. The van der Waals surface area contributed by atoms with Gasteiger partial charge in [0.1, 0.15) is 27.9 Å². The number of ether oxygens (including phenoxy) is 5. The number of halogens is 6. The van der Waals surface area contributed by atoms with E-state index in [1.165, 1.54) is 99.5 Å². The molecule has 7 aromatic heterocycles. The number of allylic oxidation sites excluding steroid dienone is 4. The van der Waals surface area contributed by atoms with Gasteiger partial charge in [-0.05, 0) is 176 Å². The highest BCUT2D eigenvalue weighted by Gasteiger charge is 2.32. The van der Waals surface area contributed by atoms with Crippen LogP contribution in [0, 0.1) is 13.8 Å². The van der Waals surface area contributed by atoms with Crippen LogP contribution < -0.4 is 33.0 Å². The van der Waals surface area contributed by atoms with E-state index in [1.807, 2.05) is 106 Å². The summed E-state index contributed by atoms with van der Waals surface area (Å²) in [6.45, 7) is 20.0. The van der Waals surface area contributed by atoms with Crippen LogP contribution in [0.4, 0.5) is 31.1 Å². The van der Waals surface area contributed by atoms with Crippen LogP contribution in [-0.4, -0.2) is 129 Å². The van der Waals surface area contributed by atoms with Crippen molar-refractivity contribution in [3.05, 3.63) is 363 Å². The van der Waals surface area contributed by atoms with Crippen LogP contribution in [0.25, 0.3) is 11.1 Å². The fraction of sp³-hybridized carbons (Fsp3) is 0.302. The summed E-state index contributed by atoms with van der Waals surface area (Å²) in [5.41, 5.74) is 12.4. The Morgan fingerprint density at radius 1 is 0.545 bits per heavy atom. The van der Waals surface area contributed by atoms with Crippen molar-refractivity contribution >= 4 is 47.0 Å². The van der Waals surface area contributed by atoms with Crippen molar-refractivity contribution in [1.82, 2.24) is 54.6 Å². The quantitative estimate of drug-likeness (QED) is 0.00548. The van der Waals surface area contributed by atoms with Crippen LogP contribution in [-0.2, 0) is 97.7 Å². The molecule has 132 heavy (non-hydrogen) atoms. The summed E-state index contributed by atoms with van der Waals surface area (Å²) < 4.78 is 113. The highest BCUT2D eigenvalue weighted by molar-refractivity contribution is 6.14. The Balaban J connectivity index is 0.000000286. The summed E-state index contributed by atoms with van der Waals surface area (Å²) in [5.74, 6) is -2.45. The Labute approximate surface area is 758 Å². The van der Waals surface area contributed by atoms with E-state index in [-0.39, 0.29) is 101 Å². The Hall–Kier alpha value is -14.8. The van der Waals surface area contributed by atoms with E-state index in [4.69, 9.17) is 43.9 Å². The third kappa shape index (κ3) is 34.0. The van der Waals surface area contributed by atoms with E-state index in [1.54, 1.807) is 85.4 Å². The number of nitrogens with two attached hydrogens (primary N) is 1. The van der Waals surface area contributed by atoms with Gasteiger partial charge in [0.05, 0.1) is 94.5 Å². The SMILES string of the molecule is C.C.CC(C)(C)OC(=O)NCc1noc(C2=CCc3ncccc32)n1.CCC(C)O.CCOC(=O)C(=C/C=C/OC)C(=O)OCC.CCOC(=O)c1cccn(Cc2ccc(C)cc2)c1=O.Cc1ccc(Cn2cccc(C(=O)O)c2=O)cc1.NCc1ccc(C(F)(F)F)cc1.O=C(NCc1noc(C2=CCc3ncccc32)n1)c1cccn(Cc2ccc(C(F)(F)F)cc2)c1=O. The maximum atomic E-state index is 12.8. The van der Waals surface area contributed by atoms with Crippen molar-refractivity contribution in [1.29, 1.82) is 0 Å². The molecule has 0 saturated carbocycles. The molecule has 7 heterocycles. The molecule has 0 radical (unpaired) electrons. The molecule has 36 heteroatoms. The molecule has 1 atom stereocenters. The van der Waals surface area contributed by atoms with E-state index in [0.29, 0.717) is 48.2 Å². The molecule has 0 saturated heterocycles. The third-order valence-corrected chi connectivity index (χ3v) is 18.1. The van der Waals surface area contributed by atoms with E-state index in [9.17, 15) is 69.5 Å². The fourth-order valence-corrected chi connectivity index (χ4v) is 11.4. The minimum absolute atomic E-state index is 0. The number of alkyl carbamates (subject to hydrolysis) is 1. The monoisotopic (exact) mass is 1830 g/mol. The number of aromatic nitrogens is 9. The molecule has 11 aromatic rings. The molecule has 2 aliphatic rings. The fourth-order valence-electron chi connectivity index (χ4n) is 11.4. The second-order valence-electron chi connectivity index (χ2n) is 29.2. The number of aryl methyl sites for hydroxylation is 2. The van der Waals surface area contributed by atoms with Crippen molar-refractivity contribution in [3.63, 3.8) is 0 Å². The highest BCUT2D eigenvalue weighted by Crippen LogP contribution is 2.33. The summed E-state index contributed by atoms with van der Waals surface area (Å²) in [7, 11) is 1.46. The van der Waals surface area contributed by atoms with Crippen molar-refractivity contribution in [2.75, 3.05) is 26.9 Å². The number of fused-ring (bicyclic) bond motifs is 2. The van der Waals surface area contributed by atoms with Crippen molar-refractivity contribution in [2.24, 2.45) is 5.73 Å². The lowest BCUT2D eigenvalue weighted by atomic mass is 10.1. The lowest BCUT2D eigenvalue weighted by molar-refractivity contribution is -0.146. The molecule has 2 aliphatic carbocycles. The molecule has 2 amide bonds. The number of carbonyl (C=O) groups is 6. The van der Waals surface area contributed by atoms with Gasteiger partial charge in [-0.15, -0.1) is 0 Å². The molecule has 0 fully saturated rings. The second-order valence-corrected chi connectivity index (χ2v) is 29.2. The van der Waals surface area contributed by atoms with E-state index < -0.39 is 76.1 Å². The first-order chi connectivity index (χ1) is 61.9. The molecular formula is C96H108F6N12O18. The number of methoxy groups -OCH3 is 1. The number of amides is 2. The van der Waals surface area contributed by atoms with Crippen LogP contribution >= 0.6 is 0 Å².